The lowest BCUT2D eigenvalue weighted by Crippen LogP contribution is -1.95. The van der Waals surface area contributed by atoms with Gasteiger partial charge in [-0.3, -0.25) is 4.79 Å². The normalized spacial score (nSPS) is 12.4. The van der Waals surface area contributed by atoms with Crippen molar-refractivity contribution in [3.05, 3.63) is 71.5 Å². The van der Waals surface area contributed by atoms with Gasteiger partial charge in [0, 0.05) is 6.42 Å². The highest BCUT2D eigenvalue weighted by atomic mass is 16.5. The lowest BCUT2D eigenvalue weighted by molar-refractivity contribution is -0.137. The standard InChI is InChI=1S/C22H26O3/c1-3-18(8-4-7-11-22(23)24)14-17(2)25-16-19-12-13-20-9-5-6-10-21(20)15-19/h3,5-6,9-10,12-15H,4,7-8,11,16H2,1-2H3,(H,23,24)/b17-14+,18-3-. The fourth-order valence-corrected chi connectivity index (χ4v) is 2.73. The predicted octanol–water partition coefficient (Wildman–Crippen LogP) is 5.85. The van der Waals surface area contributed by atoms with E-state index in [1.165, 1.54) is 16.3 Å². The second kappa shape index (κ2) is 9.67. The number of benzene rings is 2. The van der Waals surface area contributed by atoms with Crippen LogP contribution in [0.2, 0.25) is 0 Å². The van der Waals surface area contributed by atoms with Crippen LogP contribution in [0.15, 0.2) is 65.9 Å². The number of carbonyl (C=O) groups is 1. The zero-order valence-electron chi connectivity index (χ0n) is 15.0. The highest BCUT2D eigenvalue weighted by Crippen LogP contribution is 2.18. The highest BCUT2D eigenvalue weighted by Gasteiger charge is 2.01. The van der Waals surface area contributed by atoms with Crippen LogP contribution < -0.4 is 0 Å². The third-order valence-electron chi connectivity index (χ3n) is 4.15. The molecule has 0 radical (unpaired) electrons. The van der Waals surface area contributed by atoms with Gasteiger partial charge in [-0.15, -0.1) is 0 Å². The van der Waals surface area contributed by atoms with Gasteiger partial charge >= 0.3 is 5.97 Å². The zero-order valence-corrected chi connectivity index (χ0v) is 15.0. The molecule has 25 heavy (non-hydrogen) atoms. The molecular weight excluding hydrogens is 312 g/mol. The van der Waals surface area contributed by atoms with Crippen molar-refractivity contribution in [1.29, 1.82) is 0 Å². The summed E-state index contributed by atoms with van der Waals surface area (Å²) in [6.07, 6.45) is 6.79. The number of unbranched alkanes of at least 4 members (excludes halogenated alkanes) is 1. The number of carboxylic acids is 1. The van der Waals surface area contributed by atoms with Gasteiger partial charge in [0.15, 0.2) is 0 Å². The van der Waals surface area contributed by atoms with Gasteiger partial charge in [0.1, 0.15) is 6.61 Å². The zero-order chi connectivity index (χ0) is 18.1. The molecule has 0 aliphatic rings. The first-order valence-corrected chi connectivity index (χ1v) is 8.74. The van der Waals surface area contributed by atoms with E-state index in [1.807, 2.05) is 32.1 Å². The van der Waals surface area contributed by atoms with Gasteiger partial charge in [0.25, 0.3) is 0 Å². The molecule has 3 nitrogen and oxygen atoms in total. The Hall–Kier alpha value is -2.55. The first kappa shape index (κ1) is 18.8. The van der Waals surface area contributed by atoms with E-state index in [9.17, 15) is 4.79 Å². The summed E-state index contributed by atoms with van der Waals surface area (Å²) in [5.41, 5.74) is 2.33. The number of aliphatic carboxylic acids is 1. The lowest BCUT2D eigenvalue weighted by Gasteiger charge is -2.09. The summed E-state index contributed by atoms with van der Waals surface area (Å²) in [4.78, 5) is 10.5. The summed E-state index contributed by atoms with van der Waals surface area (Å²) in [7, 11) is 0. The molecule has 2 rings (SSSR count). The molecule has 0 bridgehead atoms. The van der Waals surface area contributed by atoms with E-state index in [0.29, 0.717) is 13.0 Å². The molecule has 0 spiro atoms. The summed E-state index contributed by atoms with van der Waals surface area (Å²) >= 11 is 0. The molecule has 0 aromatic heterocycles. The van der Waals surface area contributed by atoms with Crippen molar-refractivity contribution in [3.63, 3.8) is 0 Å². The maximum Gasteiger partial charge on any atom is 0.303 e. The van der Waals surface area contributed by atoms with E-state index in [4.69, 9.17) is 9.84 Å². The van der Waals surface area contributed by atoms with Crippen molar-refractivity contribution in [2.24, 2.45) is 0 Å². The number of ether oxygens (including phenoxy) is 1. The number of hydrogen-bond acceptors (Lipinski definition) is 2. The van der Waals surface area contributed by atoms with Gasteiger partial charge in [-0.1, -0.05) is 42.5 Å². The second-order valence-electron chi connectivity index (χ2n) is 6.19. The summed E-state index contributed by atoms with van der Waals surface area (Å²) in [6.45, 7) is 4.50. The second-order valence-corrected chi connectivity index (χ2v) is 6.19. The van der Waals surface area contributed by atoms with Crippen molar-refractivity contribution in [1.82, 2.24) is 0 Å². The molecule has 2 aromatic rings. The smallest absolute Gasteiger partial charge is 0.303 e. The number of rotatable bonds is 9. The Kier molecular flexibility index (Phi) is 7.27. The number of hydrogen-bond donors (Lipinski definition) is 1. The van der Waals surface area contributed by atoms with Crippen LogP contribution in [0, 0.1) is 0 Å². The molecule has 0 atom stereocenters. The largest absolute Gasteiger partial charge is 0.494 e. The number of fused-ring (bicyclic) bond motifs is 1. The molecular formula is C22H26O3. The Labute approximate surface area is 149 Å². The van der Waals surface area contributed by atoms with Gasteiger partial charge < -0.3 is 9.84 Å². The molecule has 132 valence electrons. The molecule has 0 amide bonds. The predicted molar refractivity (Wildman–Crippen MR) is 102 cm³/mol. The fourth-order valence-electron chi connectivity index (χ4n) is 2.73. The van der Waals surface area contributed by atoms with Crippen LogP contribution in [0.4, 0.5) is 0 Å². The van der Waals surface area contributed by atoms with Crippen LogP contribution in [0.1, 0.15) is 45.1 Å². The topological polar surface area (TPSA) is 46.5 Å². The minimum atomic E-state index is -0.729. The number of carboxylic acid groups (broad SMARTS) is 1. The molecule has 0 aliphatic carbocycles. The van der Waals surface area contributed by atoms with E-state index in [2.05, 4.69) is 36.4 Å². The molecule has 2 aromatic carbocycles. The SMILES string of the molecule is C/C=C(\C=C(/C)OCc1ccc2ccccc2c1)CCCCC(=O)O. The lowest BCUT2D eigenvalue weighted by atomic mass is 10.1. The Bertz CT molecular complexity index is 772. The molecule has 0 unspecified atom stereocenters. The molecule has 0 aliphatic heterocycles. The van der Waals surface area contributed by atoms with E-state index in [0.717, 1.165) is 24.2 Å². The van der Waals surface area contributed by atoms with Gasteiger partial charge in [-0.25, -0.2) is 0 Å². The number of allylic oxidation sites excluding steroid dienone is 4. The fraction of sp³-hybridized carbons (Fsp3) is 0.318. The molecule has 0 saturated carbocycles. The van der Waals surface area contributed by atoms with Crippen molar-refractivity contribution in [2.45, 2.75) is 46.1 Å². The Morgan fingerprint density at radius 3 is 2.52 bits per heavy atom. The molecule has 1 N–H and O–H groups in total. The maximum absolute atomic E-state index is 10.5. The third-order valence-corrected chi connectivity index (χ3v) is 4.15. The quantitative estimate of drug-likeness (QED) is 0.354. The Morgan fingerprint density at radius 1 is 1.08 bits per heavy atom. The highest BCUT2D eigenvalue weighted by molar-refractivity contribution is 5.82. The summed E-state index contributed by atoms with van der Waals surface area (Å²) in [6, 6.07) is 14.7. The van der Waals surface area contributed by atoms with Crippen LogP contribution >= 0.6 is 0 Å². The van der Waals surface area contributed by atoms with Crippen LogP contribution in [0.25, 0.3) is 10.8 Å². The molecule has 0 fully saturated rings. The van der Waals surface area contributed by atoms with E-state index in [-0.39, 0.29) is 6.42 Å². The average molecular weight is 338 g/mol. The average Bonchev–Trinajstić information content (AvgIpc) is 2.62. The summed E-state index contributed by atoms with van der Waals surface area (Å²) in [5, 5.41) is 11.1. The maximum atomic E-state index is 10.5. The first-order valence-electron chi connectivity index (χ1n) is 8.74. The first-order chi connectivity index (χ1) is 12.1. The minimum Gasteiger partial charge on any atom is -0.494 e. The van der Waals surface area contributed by atoms with Crippen molar-refractivity contribution >= 4 is 16.7 Å². The van der Waals surface area contributed by atoms with Crippen LogP contribution in [0.3, 0.4) is 0 Å². The van der Waals surface area contributed by atoms with E-state index < -0.39 is 5.97 Å². The third kappa shape index (κ3) is 6.46. The van der Waals surface area contributed by atoms with Gasteiger partial charge in [0.2, 0.25) is 0 Å². The van der Waals surface area contributed by atoms with Gasteiger partial charge in [-0.05, 0) is 67.2 Å². The van der Waals surface area contributed by atoms with E-state index >= 15 is 0 Å². The van der Waals surface area contributed by atoms with E-state index in [1.54, 1.807) is 0 Å². The molecule has 3 heteroatoms. The molecule has 0 saturated heterocycles. The Balaban J connectivity index is 1.87. The van der Waals surface area contributed by atoms with Crippen LogP contribution in [-0.2, 0) is 16.1 Å². The van der Waals surface area contributed by atoms with Crippen molar-refractivity contribution in [2.75, 3.05) is 0 Å². The van der Waals surface area contributed by atoms with Crippen LogP contribution in [0.5, 0.6) is 0 Å². The minimum absolute atomic E-state index is 0.234. The van der Waals surface area contributed by atoms with Crippen LogP contribution in [-0.4, -0.2) is 11.1 Å². The van der Waals surface area contributed by atoms with Gasteiger partial charge in [0.05, 0.1) is 5.76 Å². The van der Waals surface area contributed by atoms with Gasteiger partial charge in [-0.2, -0.15) is 0 Å². The molecule has 0 heterocycles. The monoisotopic (exact) mass is 338 g/mol. The van der Waals surface area contributed by atoms with Crippen molar-refractivity contribution in [3.8, 4) is 0 Å². The summed E-state index contributed by atoms with van der Waals surface area (Å²) in [5.74, 6) is 0.145. The van der Waals surface area contributed by atoms with Crippen molar-refractivity contribution < 1.29 is 14.6 Å². The summed E-state index contributed by atoms with van der Waals surface area (Å²) < 4.78 is 5.88. The Morgan fingerprint density at radius 2 is 1.80 bits per heavy atom.